The van der Waals surface area contributed by atoms with Gasteiger partial charge in [-0.15, -0.1) is 0 Å². The Morgan fingerprint density at radius 3 is 2.62 bits per heavy atom. The second-order valence-electron chi connectivity index (χ2n) is 5.23. The van der Waals surface area contributed by atoms with Gasteiger partial charge in [-0.25, -0.2) is 13.2 Å². The van der Waals surface area contributed by atoms with Gasteiger partial charge in [-0.3, -0.25) is 0 Å². The van der Waals surface area contributed by atoms with Gasteiger partial charge >= 0.3 is 5.97 Å². The first-order valence-corrected chi connectivity index (χ1v) is 8.39. The minimum atomic E-state index is -3.62. The van der Waals surface area contributed by atoms with Gasteiger partial charge in [0.25, 0.3) is 0 Å². The molecule has 0 aromatic heterocycles. The van der Waals surface area contributed by atoms with Crippen LogP contribution < -0.4 is 10.6 Å². The van der Waals surface area contributed by atoms with Gasteiger partial charge < -0.3 is 20.8 Å². The smallest absolute Gasteiger partial charge is 0.337 e. The van der Waals surface area contributed by atoms with E-state index in [0.29, 0.717) is 25.2 Å². The Morgan fingerprint density at radius 1 is 1.43 bits per heavy atom. The highest BCUT2D eigenvalue weighted by atomic mass is 32.2. The fourth-order valence-corrected chi connectivity index (χ4v) is 3.39. The van der Waals surface area contributed by atoms with E-state index in [0.717, 1.165) is 18.7 Å². The molecule has 0 radical (unpaired) electrons. The van der Waals surface area contributed by atoms with Crippen LogP contribution in [0.4, 0.5) is 11.4 Å². The van der Waals surface area contributed by atoms with Crippen LogP contribution in [-0.2, 0) is 9.84 Å². The molecule has 1 aromatic carbocycles. The summed E-state index contributed by atoms with van der Waals surface area (Å²) in [6, 6.07) is 2.45. The van der Waals surface area contributed by atoms with Gasteiger partial charge in [0.15, 0.2) is 9.84 Å². The SMILES string of the molecule is CS(=O)(=O)c1cc(C(=O)O)c(N)cc1N1CCCC(O)C1. The second-order valence-corrected chi connectivity index (χ2v) is 7.21. The molecular formula is C13H18N2O5S. The number of carboxylic acid groups (broad SMARTS) is 1. The number of β-amino-alcohol motifs (C(OH)–C–C–N with tert-alkyl or cyclic N) is 1. The molecule has 1 heterocycles. The maximum atomic E-state index is 11.9. The summed E-state index contributed by atoms with van der Waals surface area (Å²) in [5, 5.41) is 18.8. The molecule has 1 aliphatic rings. The van der Waals surface area contributed by atoms with E-state index in [1.807, 2.05) is 0 Å². The summed E-state index contributed by atoms with van der Waals surface area (Å²) in [6.07, 6.45) is 1.87. The summed E-state index contributed by atoms with van der Waals surface area (Å²) in [7, 11) is -3.62. The standard InChI is InChI=1S/C13H18N2O5S/c1-21(19,20)12-5-9(13(17)18)10(14)6-11(12)15-4-2-3-8(16)7-15/h5-6,8,16H,2-4,7,14H2,1H3,(H,17,18). The monoisotopic (exact) mass is 314 g/mol. The fourth-order valence-electron chi connectivity index (χ4n) is 2.49. The lowest BCUT2D eigenvalue weighted by Crippen LogP contribution is -2.39. The van der Waals surface area contributed by atoms with E-state index in [-0.39, 0.29) is 16.1 Å². The molecule has 1 fully saturated rings. The number of aliphatic hydroxyl groups excluding tert-OH is 1. The van der Waals surface area contributed by atoms with Crippen LogP contribution in [-0.4, -0.2) is 50.0 Å². The highest BCUT2D eigenvalue weighted by Gasteiger charge is 2.26. The maximum Gasteiger partial charge on any atom is 0.337 e. The average molecular weight is 314 g/mol. The molecule has 1 unspecified atom stereocenters. The summed E-state index contributed by atoms with van der Waals surface area (Å²) < 4.78 is 23.9. The lowest BCUT2D eigenvalue weighted by molar-refractivity contribution is 0.0697. The number of nitrogens with two attached hydrogens (primary N) is 1. The summed E-state index contributed by atoms with van der Waals surface area (Å²) in [6.45, 7) is 0.889. The molecule has 1 aliphatic heterocycles. The van der Waals surface area contributed by atoms with Crippen LogP contribution in [0.25, 0.3) is 0 Å². The maximum absolute atomic E-state index is 11.9. The van der Waals surface area contributed by atoms with Gasteiger partial charge in [-0.2, -0.15) is 0 Å². The van der Waals surface area contributed by atoms with E-state index in [1.165, 1.54) is 6.07 Å². The van der Waals surface area contributed by atoms with Crippen molar-refractivity contribution in [3.8, 4) is 0 Å². The van der Waals surface area contributed by atoms with Gasteiger partial charge in [0.05, 0.1) is 22.3 Å². The number of rotatable bonds is 3. The molecule has 8 heteroatoms. The van der Waals surface area contributed by atoms with Gasteiger partial charge in [-0.05, 0) is 25.0 Å². The van der Waals surface area contributed by atoms with E-state index < -0.39 is 21.9 Å². The molecule has 0 aliphatic carbocycles. The topological polar surface area (TPSA) is 121 Å². The molecule has 7 nitrogen and oxygen atoms in total. The Labute approximate surface area is 122 Å². The number of aliphatic hydroxyl groups is 1. The number of piperidine rings is 1. The Bertz CT molecular complexity index is 671. The molecule has 116 valence electrons. The second kappa shape index (κ2) is 5.53. The van der Waals surface area contributed by atoms with Crippen LogP contribution in [0.15, 0.2) is 17.0 Å². The van der Waals surface area contributed by atoms with E-state index in [1.54, 1.807) is 4.90 Å². The number of aromatic carboxylic acids is 1. The Morgan fingerprint density at radius 2 is 2.10 bits per heavy atom. The number of nitrogens with zero attached hydrogens (tertiary/aromatic N) is 1. The zero-order valence-corrected chi connectivity index (χ0v) is 12.4. The largest absolute Gasteiger partial charge is 0.478 e. The minimum Gasteiger partial charge on any atom is -0.478 e. The van der Waals surface area contributed by atoms with E-state index in [2.05, 4.69) is 0 Å². The molecule has 1 aromatic rings. The number of benzene rings is 1. The van der Waals surface area contributed by atoms with E-state index in [9.17, 15) is 18.3 Å². The van der Waals surface area contributed by atoms with Crippen LogP contribution in [0.5, 0.6) is 0 Å². The minimum absolute atomic E-state index is 0.00460. The molecule has 21 heavy (non-hydrogen) atoms. The molecule has 0 bridgehead atoms. The van der Waals surface area contributed by atoms with Crippen LogP contribution in [0.3, 0.4) is 0 Å². The molecular weight excluding hydrogens is 296 g/mol. The third kappa shape index (κ3) is 3.27. The fraction of sp³-hybridized carbons (Fsp3) is 0.462. The molecule has 4 N–H and O–H groups in total. The van der Waals surface area contributed by atoms with Crippen molar-refractivity contribution in [3.63, 3.8) is 0 Å². The number of anilines is 2. The molecule has 1 atom stereocenters. The third-order valence-electron chi connectivity index (χ3n) is 3.50. The lowest BCUT2D eigenvalue weighted by atomic mass is 10.1. The highest BCUT2D eigenvalue weighted by Crippen LogP contribution is 2.32. The van der Waals surface area contributed by atoms with Gasteiger partial charge in [0.2, 0.25) is 0 Å². The first-order valence-electron chi connectivity index (χ1n) is 6.50. The number of hydrogen-bond donors (Lipinski definition) is 3. The number of carbonyl (C=O) groups is 1. The summed E-state index contributed by atoms with van der Waals surface area (Å²) >= 11 is 0. The molecule has 1 saturated heterocycles. The predicted molar refractivity (Wildman–Crippen MR) is 78.4 cm³/mol. The molecule has 2 rings (SSSR count). The van der Waals surface area contributed by atoms with Gasteiger partial charge in [0, 0.05) is 25.0 Å². The van der Waals surface area contributed by atoms with Crippen molar-refractivity contribution in [2.24, 2.45) is 0 Å². The van der Waals surface area contributed by atoms with Crippen molar-refractivity contribution in [2.45, 2.75) is 23.8 Å². The Hall–Kier alpha value is -1.80. The first-order chi connectivity index (χ1) is 9.70. The van der Waals surface area contributed by atoms with Crippen molar-refractivity contribution >= 4 is 27.2 Å². The predicted octanol–water partition coefficient (Wildman–Crippen LogP) is 0.332. The van der Waals surface area contributed by atoms with Gasteiger partial charge in [-0.1, -0.05) is 0 Å². The van der Waals surface area contributed by atoms with Gasteiger partial charge in [0.1, 0.15) is 0 Å². The lowest BCUT2D eigenvalue weighted by Gasteiger charge is -2.33. The Balaban J connectivity index is 2.59. The number of hydrogen-bond acceptors (Lipinski definition) is 6. The van der Waals surface area contributed by atoms with Crippen LogP contribution >= 0.6 is 0 Å². The van der Waals surface area contributed by atoms with Crippen LogP contribution in [0.2, 0.25) is 0 Å². The third-order valence-corrected chi connectivity index (χ3v) is 4.62. The zero-order valence-electron chi connectivity index (χ0n) is 11.6. The van der Waals surface area contributed by atoms with Crippen molar-refractivity contribution in [3.05, 3.63) is 17.7 Å². The Kier molecular flexibility index (Phi) is 4.11. The quantitative estimate of drug-likeness (QED) is 0.687. The van der Waals surface area contributed by atoms with E-state index >= 15 is 0 Å². The summed E-state index contributed by atoms with van der Waals surface area (Å²) in [4.78, 5) is 12.8. The van der Waals surface area contributed by atoms with Crippen molar-refractivity contribution in [1.29, 1.82) is 0 Å². The molecule has 0 saturated carbocycles. The highest BCUT2D eigenvalue weighted by molar-refractivity contribution is 7.90. The van der Waals surface area contributed by atoms with Crippen molar-refractivity contribution < 1.29 is 23.4 Å². The van der Waals surface area contributed by atoms with Crippen LogP contribution in [0, 0.1) is 0 Å². The van der Waals surface area contributed by atoms with Crippen molar-refractivity contribution in [1.82, 2.24) is 0 Å². The van der Waals surface area contributed by atoms with E-state index in [4.69, 9.17) is 10.8 Å². The number of carboxylic acids is 1. The number of sulfone groups is 1. The average Bonchev–Trinajstić information content (AvgIpc) is 2.36. The summed E-state index contributed by atoms with van der Waals surface area (Å²) in [5.74, 6) is -1.28. The number of nitrogen functional groups attached to an aromatic ring is 1. The van der Waals surface area contributed by atoms with Crippen LogP contribution in [0.1, 0.15) is 23.2 Å². The zero-order chi connectivity index (χ0) is 15.8. The van der Waals surface area contributed by atoms with Crippen molar-refractivity contribution in [2.75, 3.05) is 30.0 Å². The molecule has 0 amide bonds. The summed E-state index contributed by atoms with van der Waals surface area (Å²) in [5.41, 5.74) is 5.82. The first kappa shape index (κ1) is 15.6. The molecule has 0 spiro atoms. The normalized spacial score (nSPS) is 19.5.